The Kier molecular flexibility index (Phi) is 6.02. The Bertz CT molecular complexity index is 1450. The van der Waals surface area contributed by atoms with E-state index in [1.54, 1.807) is 23.2 Å². The summed E-state index contributed by atoms with van der Waals surface area (Å²) in [5.41, 5.74) is 5.04. The minimum Gasteiger partial charge on any atom is -0.379 e. The van der Waals surface area contributed by atoms with Crippen LogP contribution in [0.15, 0.2) is 41.6 Å². The standard InChI is InChI=1S/C25H25ClN6O2/c1-4-32-23-16(11-28-25(31-23)30-17-5-6-34-13-17)8-20(24(32)33)19-7-14(2)18(9-21(19)26)22-12-27-10-15(3)29-22/h7-12,17H,4-6,13H2,1-3H3,(H,28,30,31). The number of halogens is 1. The Hall–Kier alpha value is -3.36. The van der Waals surface area contributed by atoms with E-state index < -0.39 is 0 Å². The van der Waals surface area contributed by atoms with Crippen molar-refractivity contribution in [2.24, 2.45) is 0 Å². The van der Waals surface area contributed by atoms with Gasteiger partial charge in [-0.3, -0.25) is 14.3 Å². The van der Waals surface area contributed by atoms with E-state index in [0.717, 1.165) is 40.9 Å². The Balaban J connectivity index is 1.60. The van der Waals surface area contributed by atoms with Crippen LogP contribution < -0.4 is 10.9 Å². The number of benzene rings is 1. The number of pyridine rings is 1. The van der Waals surface area contributed by atoms with Crippen LogP contribution in [0.25, 0.3) is 33.4 Å². The van der Waals surface area contributed by atoms with Crippen LogP contribution in [-0.4, -0.2) is 43.8 Å². The Labute approximate surface area is 202 Å². The van der Waals surface area contributed by atoms with Crippen LogP contribution in [0.5, 0.6) is 0 Å². The third kappa shape index (κ3) is 4.15. The second kappa shape index (κ2) is 9.12. The number of hydrogen-bond acceptors (Lipinski definition) is 7. The Morgan fingerprint density at radius 2 is 1.97 bits per heavy atom. The molecule has 4 aromatic rings. The number of nitrogens with one attached hydrogen (secondary N) is 1. The van der Waals surface area contributed by atoms with Crippen molar-refractivity contribution in [1.29, 1.82) is 0 Å². The van der Waals surface area contributed by atoms with Crippen LogP contribution in [0.2, 0.25) is 5.02 Å². The van der Waals surface area contributed by atoms with Crippen molar-refractivity contribution < 1.29 is 4.74 Å². The van der Waals surface area contributed by atoms with Gasteiger partial charge in [0.2, 0.25) is 5.95 Å². The summed E-state index contributed by atoms with van der Waals surface area (Å²) in [7, 11) is 0. The number of anilines is 1. The zero-order valence-corrected chi connectivity index (χ0v) is 20.1. The Morgan fingerprint density at radius 1 is 1.12 bits per heavy atom. The lowest BCUT2D eigenvalue weighted by Crippen LogP contribution is -2.24. The van der Waals surface area contributed by atoms with Gasteiger partial charge in [0, 0.05) is 52.6 Å². The quantitative estimate of drug-likeness (QED) is 0.456. The first-order valence-corrected chi connectivity index (χ1v) is 11.7. The molecule has 0 bridgehead atoms. The molecule has 0 radical (unpaired) electrons. The fraction of sp³-hybridized carbons (Fsp3) is 0.320. The maximum atomic E-state index is 13.5. The van der Waals surface area contributed by atoms with Gasteiger partial charge in [0.15, 0.2) is 0 Å². The molecule has 1 aromatic carbocycles. The molecule has 1 atom stereocenters. The van der Waals surface area contributed by atoms with Crippen LogP contribution >= 0.6 is 11.6 Å². The molecule has 0 saturated carbocycles. The topological polar surface area (TPSA) is 94.8 Å². The van der Waals surface area contributed by atoms with E-state index in [1.807, 2.05) is 39.0 Å². The first-order valence-electron chi connectivity index (χ1n) is 11.3. The molecule has 8 nitrogen and oxygen atoms in total. The summed E-state index contributed by atoms with van der Waals surface area (Å²) in [6.07, 6.45) is 6.07. The van der Waals surface area contributed by atoms with E-state index in [0.29, 0.717) is 40.9 Å². The van der Waals surface area contributed by atoms with Gasteiger partial charge in [-0.1, -0.05) is 11.6 Å². The molecular weight excluding hydrogens is 452 g/mol. The number of rotatable bonds is 5. The van der Waals surface area contributed by atoms with Crippen molar-refractivity contribution in [1.82, 2.24) is 24.5 Å². The summed E-state index contributed by atoms with van der Waals surface area (Å²) < 4.78 is 7.08. The molecule has 1 fully saturated rings. The summed E-state index contributed by atoms with van der Waals surface area (Å²) in [4.78, 5) is 31.4. The summed E-state index contributed by atoms with van der Waals surface area (Å²) in [6, 6.07) is 5.78. The lowest BCUT2D eigenvalue weighted by Gasteiger charge is -2.15. The smallest absolute Gasteiger partial charge is 0.260 e. The highest BCUT2D eigenvalue weighted by Crippen LogP contribution is 2.34. The van der Waals surface area contributed by atoms with Gasteiger partial charge in [-0.05, 0) is 51.0 Å². The van der Waals surface area contributed by atoms with Crippen molar-refractivity contribution >= 4 is 28.6 Å². The van der Waals surface area contributed by atoms with Crippen molar-refractivity contribution in [3.63, 3.8) is 0 Å². The van der Waals surface area contributed by atoms with Crippen LogP contribution in [0.4, 0.5) is 5.95 Å². The molecule has 5 rings (SSSR count). The van der Waals surface area contributed by atoms with E-state index in [4.69, 9.17) is 16.3 Å². The molecule has 4 heterocycles. The molecule has 1 aliphatic rings. The first kappa shape index (κ1) is 22.4. The average molecular weight is 477 g/mol. The highest BCUT2D eigenvalue weighted by atomic mass is 35.5. The Morgan fingerprint density at radius 3 is 2.71 bits per heavy atom. The molecular formula is C25H25ClN6O2. The van der Waals surface area contributed by atoms with Crippen molar-refractivity contribution in [3.05, 3.63) is 63.4 Å². The van der Waals surface area contributed by atoms with Gasteiger partial charge in [-0.2, -0.15) is 4.98 Å². The van der Waals surface area contributed by atoms with E-state index >= 15 is 0 Å². The van der Waals surface area contributed by atoms with Gasteiger partial charge in [0.1, 0.15) is 5.65 Å². The van der Waals surface area contributed by atoms with E-state index in [9.17, 15) is 4.79 Å². The van der Waals surface area contributed by atoms with Crippen molar-refractivity contribution in [3.8, 4) is 22.4 Å². The SMILES string of the molecule is CCn1c(=O)c(-c2cc(C)c(-c3cncc(C)n3)cc2Cl)cc2cnc(NC3CCOC3)nc21. The fourth-order valence-electron chi connectivity index (χ4n) is 4.30. The summed E-state index contributed by atoms with van der Waals surface area (Å²) >= 11 is 6.72. The zero-order valence-electron chi connectivity index (χ0n) is 19.3. The third-order valence-corrected chi connectivity index (χ3v) is 6.35. The summed E-state index contributed by atoms with van der Waals surface area (Å²) in [5, 5.41) is 4.54. The monoisotopic (exact) mass is 476 g/mol. The molecule has 9 heteroatoms. The predicted molar refractivity (Wildman–Crippen MR) is 133 cm³/mol. The molecule has 1 unspecified atom stereocenters. The van der Waals surface area contributed by atoms with E-state index in [-0.39, 0.29) is 11.6 Å². The van der Waals surface area contributed by atoms with Crippen LogP contribution in [0.1, 0.15) is 24.6 Å². The summed E-state index contributed by atoms with van der Waals surface area (Å²) in [6.45, 7) is 7.63. The van der Waals surface area contributed by atoms with Crippen molar-refractivity contribution in [2.45, 2.75) is 39.8 Å². The minimum atomic E-state index is -0.145. The number of aromatic nitrogens is 5. The number of nitrogens with zero attached hydrogens (tertiary/aromatic N) is 5. The molecule has 1 N–H and O–H groups in total. The van der Waals surface area contributed by atoms with Gasteiger partial charge in [-0.15, -0.1) is 0 Å². The van der Waals surface area contributed by atoms with Crippen molar-refractivity contribution in [2.75, 3.05) is 18.5 Å². The number of ether oxygens (including phenoxy) is 1. The highest BCUT2D eigenvalue weighted by molar-refractivity contribution is 6.33. The minimum absolute atomic E-state index is 0.145. The molecule has 0 spiro atoms. The highest BCUT2D eigenvalue weighted by Gasteiger charge is 2.19. The predicted octanol–water partition coefficient (Wildman–Crippen LogP) is 4.41. The lowest BCUT2D eigenvalue weighted by atomic mass is 9.98. The van der Waals surface area contributed by atoms with Crippen LogP contribution in [0, 0.1) is 13.8 Å². The van der Waals surface area contributed by atoms with Gasteiger partial charge in [0.05, 0.1) is 30.2 Å². The van der Waals surface area contributed by atoms with Gasteiger partial charge >= 0.3 is 0 Å². The van der Waals surface area contributed by atoms with Gasteiger partial charge < -0.3 is 10.1 Å². The lowest BCUT2D eigenvalue weighted by molar-refractivity contribution is 0.195. The maximum absolute atomic E-state index is 13.5. The summed E-state index contributed by atoms with van der Waals surface area (Å²) in [5.74, 6) is 0.495. The number of hydrogen-bond donors (Lipinski definition) is 1. The molecule has 1 aliphatic heterocycles. The number of aryl methyl sites for hydroxylation is 3. The van der Waals surface area contributed by atoms with Crippen LogP contribution in [-0.2, 0) is 11.3 Å². The van der Waals surface area contributed by atoms with Crippen LogP contribution in [0.3, 0.4) is 0 Å². The molecule has 0 aliphatic carbocycles. The van der Waals surface area contributed by atoms with Gasteiger partial charge in [0.25, 0.3) is 5.56 Å². The maximum Gasteiger partial charge on any atom is 0.260 e. The largest absolute Gasteiger partial charge is 0.379 e. The number of fused-ring (bicyclic) bond motifs is 1. The van der Waals surface area contributed by atoms with E-state index in [2.05, 4.69) is 25.3 Å². The molecule has 1 saturated heterocycles. The average Bonchev–Trinajstić information content (AvgIpc) is 3.33. The zero-order chi connectivity index (χ0) is 23.8. The van der Waals surface area contributed by atoms with E-state index in [1.165, 1.54) is 0 Å². The molecule has 34 heavy (non-hydrogen) atoms. The molecule has 0 amide bonds. The second-order valence-electron chi connectivity index (χ2n) is 8.48. The fourth-order valence-corrected chi connectivity index (χ4v) is 4.57. The first-order chi connectivity index (χ1) is 16.4. The molecule has 174 valence electrons. The third-order valence-electron chi connectivity index (χ3n) is 6.04. The normalized spacial score (nSPS) is 15.7. The second-order valence-corrected chi connectivity index (χ2v) is 8.88. The van der Waals surface area contributed by atoms with Gasteiger partial charge in [-0.25, -0.2) is 9.97 Å². The molecule has 3 aromatic heterocycles.